The van der Waals surface area contributed by atoms with Crippen molar-refractivity contribution < 1.29 is 13.2 Å². The lowest BCUT2D eigenvalue weighted by molar-refractivity contribution is -0.138. The molecule has 0 bridgehead atoms. The Hall–Kier alpha value is -1.03. The Morgan fingerprint density at radius 1 is 1.24 bits per heavy atom. The van der Waals surface area contributed by atoms with Crippen LogP contribution in [-0.4, -0.2) is 6.18 Å². The molecule has 1 aliphatic rings. The van der Waals surface area contributed by atoms with Crippen LogP contribution in [0.1, 0.15) is 48.8 Å². The summed E-state index contributed by atoms with van der Waals surface area (Å²) in [7, 11) is 0. The normalized spacial score (nSPS) is 18.8. The van der Waals surface area contributed by atoms with E-state index in [9.17, 15) is 13.2 Å². The molecule has 1 unspecified atom stereocenters. The molecule has 1 saturated carbocycles. The monoisotopic (exact) mass is 243 g/mol. The predicted octanol–water partition coefficient (Wildman–Crippen LogP) is 3.91. The Morgan fingerprint density at radius 3 is 2.41 bits per heavy atom. The van der Waals surface area contributed by atoms with Gasteiger partial charge < -0.3 is 5.73 Å². The molecule has 94 valence electrons. The minimum atomic E-state index is -4.20. The second kappa shape index (κ2) is 4.69. The summed E-state index contributed by atoms with van der Waals surface area (Å²) in [6.07, 6.45) is -1.86. The zero-order valence-electron chi connectivity index (χ0n) is 9.50. The average Bonchev–Trinajstić information content (AvgIpc) is 2.13. The van der Waals surface area contributed by atoms with Gasteiger partial charge in [0.2, 0.25) is 0 Å². The Labute approximate surface area is 98.8 Å². The van der Waals surface area contributed by atoms with Gasteiger partial charge in [0.05, 0.1) is 6.42 Å². The predicted molar refractivity (Wildman–Crippen MR) is 60.6 cm³/mol. The van der Waals surface area contributed by atoms with Crippen molar-refractivity contribution in [3.05, 3.63) is 35.4 Å². The van der Waals surface area contributed by atoms with Crippen molar-refractivity contribution in [2.24, 2.45) is 5.73 Å². The standard InChI is InChI=1S/C13H16F3N/c14-13(15,16)8-12(17)11-7-2-1-6-10(11)9-4-3-5-9/h1-2,6-7,9,12H,3-5,8,17H2. The number of alkyl halides is 3. The van der Waals surface area contributed by atoms with E-state index in [4.69, 9.17) is 5.73 Å². The summed E-state index contributed by atoms with van der Waals surface area (Å²) >= 11 is 0. The summed E-state index contributed by atoms with van der Waals surface area (Å²) < 4.78 is 37.0. The third-order valence-electron chi connectivity index (χ3n) is 3.39. The average molecular weight is 243 g/mol. The molecular formula is C13H16F3N. The highest BCUT2D eigenvalue weighted by atomic mass is 19.4. The molecule has 0 saturated heterocycles. The number of hydrogen-bond donors (Lipinski definition) is 1. The van der Waals surface area contributed by atoms with E-state index in [1.54, 1.807) is 12.1 Å². The van der Waals surface area contributed by atoms with Crippen LogP contribution in [0.25, 0.3) is 0 Å². The molecule has 1 nitrogen and oxygen atoms in total. The summed E-state index contributed by atoms with van der Waals surface area (Å²) in [6, 6.07) is 6.33. The van der Waals surface area contributed by atoms with Gasteiger partial charge in [0.15, 0.2) is 0 Å². The van der Waals surface area contributed by atoms with Gasteiger partial charge in [-0.25, -0.2) is 0 Å². The van der Waals surface area contributed by atoms with Gasteiger partial charge in [0.25, 0.3) is 0 Å². The van der Waals surface area contributed by atoms with Gasteiger partial charge in [-0.05, 0) is 29.9 Å². The van der Waals surface area contributed by atoms with Crippen LogP contribution in [0, 0.1) is 0 Å². The van der Waals surface area contributed by atoms with Crippen LogP contribution >= 0.6 is 0 Å². The summed E-state index contributed by atoms with van der Waals surface area (Å²) in [6.45, 7) is 0. The van der Waals surface area contributed by atoms with Crippen LogP contribution in [0.2, 0.25) is 0 Å². The number of benzene rings is 1. The summed E-state index contributed by atoms with van der Waals surface area (Å²) in [5, 5.41) is 0. The molecule has 0 spiro atoms. The largest absolute Gasteiger partial charge is 0.390 e. The van der Waals surface area contributed by atoms with Gasteiger partial charge in [0.1, 0.15) is 0 Å². The molecule has 1 aromatic rings. The van der Waals surface area contributed by atoms with E-state index in [2.05, 4.69) is 0 Å². The second-order valence-corrected chi connectivity index (χ2v) is 4.68. The molecule has 2 rings (SSSR count). The Kier molecular flexibility index (Phi) is 3.43. The van der Waals surface area contributed by atoms with Crippen LogP contribution in [-0.2, 0) is 0 Å². The molecular weight excluding hydrogens is 227 g/mol. The Bertz CT molecular complexity index is 382. The van der Waals surface area contributed by atoms with Crippen molar-refractivity contribution in [2.75, 3.05) is 0 Å². The van der Waals surface area contributed by atoms with E-state index in [1.165, 1.54) is 0 Å². The number of nitrogens with two attached hydrogens (primary N) is 1. The number of halogens is 3. The second-order valence-electron chi connectivity index (χ2n) is 4.68. The van der Waals surface area contributed by atoms with E-state index in [-0.39, 0.29) is 0 Å². The quantitative estimate of drug-likeness (QED) is 0.855. The number of hydrogen-bond acceptors (Lipinski definition) is 1. The maximum Gasteiger partial charge on any atom is 0.390 e. The van der Waals surface area contributed by atoms with Gasteiger partial charge in [-0.2, -0.15) is 13.2 Å². The maximum atomic E-state index is 12.3. The molecule has 0 radical (unpaired) electrons. The Balaban J connectivity index is 2.19. The van der Waals surface area contributed by atoms with Gasteiger partial charge >= 0.3 is 6.18 Å². The van der Waals surface area contributed by atoms with E-state index in [1.807, 2.05) is 12.1 Å². The highest BCUT2D eigenvalue weighted by Crippen LogP contribution is 2.40. The van der Waals surface area contributed by atoms with E-state index in [0.29, 0.717) is 11.5 Å². The zero-order valence-corrected chi connectivity index (χ0v) is 9.50. The Morgan fingerprint density at radius 2 is 1.88 bits per heavy atom. The molecule has 2 N–H and O–H groups in total. The minimum Gasteiger partial charge on any atom is -0.324 e. The van der Waals surface area contributed by atoms with Crippen LogP contribution < -0.4 is 5.73 Å². The van der Waals surface area contributed by atoms with Crippen LogP contribution in [0.3, 0.4) is 0 Å². The molecule has 0 amide bonds. The first-order chi connectivity index (χ1) is 7.97. The molecule has 1 atom stereocenters. The first-order valence-corrected chi connectivity index (χ1v) is 5.88. The summed E-state index contributed by atoms with van der Waals surface area (Å²) in [5.41, 5.74) is 7.35. The maximum absolute atomic E-state index is 12.3. The van der Waals surface area contributed by atoms with Crippen LogP contribution in [0.5, 0.6) is 0 Å². The highest BCUT2D eigenvalue weighted by molar-refractivity contribution is 5.34. The van der Waals surface area contributed by atoms with E-state index >= 15 is 0 Å². The third-order valence-corrected chi connectivity index (χ3v) is 3.39. The fourth-order valence-corrected chi connectivity index (χ4v) is 2.30. The third kappa shape index (κ3) is 3.00. The van der Waals surface area contributed by atoms with E-state index < -0.39 is 18.6 Å². The molecule has 0 heterocycles. The SMILES string of the molecule is NC(CC(F)(F)F)c1ccccc1C1CCC1. The van der Waals surface area contributed by atoms with Gasteiger partial charge in [0, 0.05) is 6.04 Å². The molecule has 17 heavy (non-hydrogen) atoms. The van der Waals surface area contributed by atoms with Crippen LogP contribution in [0.15, 0.2) is 24.3 Å². The lowest BCUT2D eigenvalue weighted by Gasteiger charge is -2.29. The lowest BCUT2D eigenvalue weighted by Crippen LogP contribution is -2.23. The fourth-order valence-electron chi connectivity index (χ4n) is 2.30. The van der Waals surface area contributed by atoms with Gasteiger partial charge in [-0.15, -0.1) is 0 Å². The zero-order chi connectivity index (χ0) is 12.5. The molecule has 0 aliphatic heterocycles. The topological polar surface area (TPSA) is 26.0 Å². The van der Waals surface area contributed by atoms with E-state index in [0.717, 1.165) is 24.8 Å². The van der Waals surface area contributed by atoms with Crippen molar-refractivity contribution in [1.82, 2.24) is 0 Å². The van der Waals surface area contributed by atoms with Crippen molar-refractivity contribution in [1.29, 1.82) is 0 Å². The smallest absolute Gasteiger partial charge is 0.324 e. The van der Waals surface area contributed by atoms with Crippen LogP contribution in [0.4, 0.5) is 13.2 Å². The van der Waals surface area contributed by atoms with Crippen molar-refractivity contribution in [3.63, 3.8) is 0 Å². The minimum absolute atomic E-state index is 0.408. The van der Waals surface area contributed by atoms with Crippen molar-refractivity contribution in [3.8, 4) is 0 Å². The first-order valence-electron chi connectivity index (χ1n) is 5.88. The van der Waals surface area contributed by atoms with Gasteiger partial charge in [-0.3, -0.25) is 0 Å². The molecule has 0 aromatic heterocycles. The lowest BCUT2D eigenvalue weighted by atomic mass is 9.77. The molecule has 4 heteroatoms. The fraction of sp³-hybridized carbons (Fsp3) is 0.538. The summed E-state index contributed by atoms with van der Waals surface area (Å²) in [5.74, 6) is 0.408. The molecule has 1 fully saturated rings. The molecule has 1 aliphatic carbocycles. The first kappa shape index (κ1) is 12.4. The highest BCUT2D eigenvalue weighted by Gasteiger charge is 2.32. The van der Waals surface area contributed by atoms with Crippen molar-refractivity contribution in [2.45, 2.75) is 43.8 Å². The van der Waals surface area contributed by atoms with Crippen molar-refractivity contribution >= 4 is 0 Å². The van der Waals surface area contributed by atoms with Gasteiger partial charge in [-0.1, -0.05) is 30.7 Å². The number of rotatable bonds is 3. The summed E-state index contributed by atoms with van der Waals surface area (Å²) in [4.78, 5) is 0. The molecule has 1 aromatic carbocycles.